The van der Waals surface area contributed by atoms with Gasteiger partial charge in [0.2, 0.25) is 17.7 Å². The molecule has 0 saturated heterocycles. The van der Waals surface area contributed by atoms with Crippen molar-refractivity contribution in [2.24, 2.45) is 5.73 Å². The summed E-state index contributed by atoms with van der Waals surface area (Å²) < 4.78 is 9.85. The number of rotatable bonds is 12. The zero-order valence-electron chi connectivity index (χ0n) is 21.0. The summed E-state index contributed by atoms with van der Waals surface area (Å²) in [6.45, 7) is 6.63. The zero-order chi connectivity index (χ0) is 26.6. The van der Waals surface area contributed by atoms with Gasteiger partial charge in [-0.1, -0.05) is 37.3 Å². The highest BCUT2D eigenvalue weighted by molar-refractivity contribution is 5.93. The quantitative estimate of drug-likeness (QED) is 0.372. The Bertz CT molecular complexity index is 884. The summed E-state index contributed by atoms with van der Waals surface area (Å²) in [5.41, 5.74) is 4.96. The molecule has 0 spiro atoms. The van der Waals surface area contributed by atoms with Gasteiger partial charge in [0.1, 0.15) is 24.2 Å². The lowest BCUT2D eigenvalue weighted by molar-refractivity contribution is -0.144. The van der Waals surface area contributed by atoms with Gasteiger partial charge in [0.15, 0.2) is 0 Å². The number of methoxy groups -OCH3 is 1. The minimum Gasteiger partial charge on any atom is -0.468 e. The van der Waals surface area contributed by atoms with E-state index in [1.807, 2.05) is 6.92 Å². The molecule has 1 rings (SSSR count). The topological polar surface area (TPSA) is 157 Å². The summed E-state index contributed by atoms with van der Waals surface area (Å²) in [5.74, 6) is -2.49. The normalized spacial score (nSPS) is 12.6. The van der Waals surface area contributed by atoms with Crippen LogP contribution < -0.4 is 16.4 Å². The molecule has 11 nitrogen and oxygen atoms in total. The van der Waals surface area contributed by atoms with Gasteiger partial charge in [-0.3, -0.25) is 19.2 Å². The Hall–Kier alpha value is -3.63. The molecule has 4 amide bonds. The van der Waals surface area contributed by atoms with Gasteiger partial charge in [-0.15, -0.1) is 0 Å². The van der Waals surface area contributed by atoms with E-state index in [1.54, 1.807) is 51.1 Å². The highest BCUT2D eigenvalue weighted by Crippen LogP contribution is 2.23. The van der Waals surface area contributed by atoms with E-state index in [1.165, 1.54) is 12.0 Å². The molecule has 0 heterocycles. The number of benzene rings is 1. The summed E-state index contributed by atoms with van der Waals surface area (Å²) >= 11 is 0. The molecule has 2 unspecified atom stereocenters. The van der Waals surface area contributed by atoms with E-state index in [-0.39, 0.29) is 25.9 Å². The molecular weight excluding hydrogens is 456 g/mol. The summed E-state index contributed by atoms with van der Waals surface area (Å²) in [5, 5.41) is 5.00. The van der Waals surface area contributed by atoms with Gasteiger partial charge in [-0.25, -0.2) is 4.79 Å². The minimum atomic E-state index is -1.18. The molecule has 194 valence electrons. The number of hydrogen-bond donors (Lipinski definition) is 3. The maximum Gasteiger partial charge on any atom is 0.408 e. The number of ether oxygens (including phenoxy) is 2. The Morgan fingerprint density at radius 2 is 1.71 bits per heavy atom. The second-order valence-electron chi connectivity index (χ2n) is 8.84. The number of primary amides is 1. The summed E-state index contributed by atoms with van der Waals surface area (Å²) in [6.07, 6.45) is -0.604. The third-order valence-electron chi connectivity index (χ3n) is 4.73. The molecule has 4 N–H and O–H groups in total. The maximum atomic E-state index is 13.7. The Kier molecular flexibility index (Phi) is 11.7. The van der Waals surface area contributed by atoms with Crippen molar-refractivity contribution in [2.45, 2.75) is 64.6 Å². The van der Waals surface area contributed by atoms with Gasteiger partial charge in [0.05, 0.1) is 7.11 Å². The van der Waals surface area contributed by atoms with Crippen LogP contribution in [-0.2, 0) is 28.7 Å². The summed E-state index contributed by atoms with van der Waals surface area (Å²) in [6, 6.07) is 6.27. The molecule has 11 heteroatoms. The van der Waals surface area contributed by atoms with Crippen LogP contribution in [0.4, 0.5) is 4.79 Å². The monoisotopic (exact) mass is 492 g/mol. The number of carbonyl (C=O) groups is 5. The van der Waals surface area contributed by atoms with E-state index in [4.69, 9.17) is 10.5 Å². The van der Waals surface area contributed by atoms with Crippen LogP contribution in [0.1, 0.15) is 58.6 Å². The first kappa shape index (κ1) is 29.4. The number of nitrogens with two attached hydrogens (primary N) is 1. The van der Waals surface area contributed by atoms with Crippen LogP contribution >= 0.6 is 0 Å². The molecule has 0 aliphatic heterocycles. The van der Waals surface area contributed by atoms with Crippen LogP contribution in [0.3, 0.4) is 0 Å². The van der Waals surface area contributed by atoms with Gasteiger partial charge >= 0.3 is 12.1 Å². The van der Waals surface area contributed by atoms with E-state index in [0.29, 0.717) is 12.0 Å². The number of hydrogen-bond acceptors (Lipinski definition) is 7. The van der Waals surface area contributed by atoms with Crippen molar-refractivity contribution in [2.75, 3.05) is 20.2 Å². The first-order valence-electron chi connectivity index (χ1n) is 11.4. The van der Waals surface area contributed by atoms with Crippen LogP contribution in [-0.4, -0.2) is 66.5 Å². The van der Waals surface area contributed by atoms with Gasteiger partial charge in [-0.05, 0) is 39.2 Å². The second-order valence-corrected chi connectivity index (χ2v) is 8.84. The molecule has 1 aromatic rings. The number of amides is 4. The lowest BCUT2D eigenvalue weighted by Crippen LogP contribution is -2.53. The van der Waals surface area contributed by atoms with E-state index in [9.17, 15) is 24.0 Å². The number of nitrogens with one attached hydrogen (secondary N) is 2. The fourth-order valence-corrected chi connectivity index (χ4v) is 3.24. The lowest BCUT2D eigenvalue weighted by Gasteiger charge is -2.34. The van der Waals surface area contributed by atoms with Crippen molar-refractivity contribution in [1.82, 2.24) is 15.5 Å². The van der Waals surface area contributed by atoms with Crippen molar-refractivity contribution in [3.05, 3.63) is 35.9 Å². The number of alkyl carbamates (subject to hydrolysis) is 1. The standard InChI is InChI=1S/C24H36N4O7/c1-6-14-28(20(16-10-8-7-9-11-16)21(31)26-15-19(30)34-5)22(32)17(12-13-18(25)29)27-23(33)35-24(2,3)4/h7-11,17,20H,6,12-15H2,1-5H3,(H2,25,29)(H,26,31)(H,27,33). The Balaban J connectivity index is 3.35. The largest absolute Gasteiger partial charge is 0.468 e. The maximum absolute atomic E-state index is 13.7. The molecule has 0 bridgehead atoms. The van der Waals surface area contributed by atoms with Crippen LogP contribution in [0.5, 0.6) is 0 Å². The first-order chi connectivity index (χ1) is 16.4. The van der Waals surface area contributed by atoms with Crippen molar-refractivity contribution in [1.29, 1.82) is 0 Å². The van der Waals surface area contributed by atoms with E-state index < -0.39 is 47.5 Å². The third-order valence-corrected chi connectivity index (χ3v) is 4.73. The van der Waals surface area contributed by atoms with Crippen molar-refractivity contribution < 1.29 is 33.4 Å². The molecule has 1 aromatic carbocycles. The predicted molar refractivity (Wildman–Crippen MR) is 128 cm³/mol. The predicted octanol–water partition coefficient (Wildman–Crippen LogP) is 1.41. The summed E-state index contributed by atoms with van der Waals surface area (Å²) in [4.78, 5) is 63.6. The fraction of sp³-hybridized carbons (Fsp3) is 0.542. The number of nitrogens with zero attached hydrogens (tertiary/aromatic N) is 1. The molecule has 35 heavy (non-hydrogen) atoms. The Morgan fingerprint density at radius 1 is 1.09 bits per heavy atom. The van der Waals surface area contributed by atoms with E-state index >= 15 is 0 Å². The fourth-order valence-electron chi connectivity index (χ4n) is 3.24. The van der Waals surface area contributed by atoms with Gasteiger partial charge in [-0.2, -0.15) is 0 Å². The Morgan fingerprint density at radius 3 is 2.23 bits per heavy atom. The van der Waals surface area contributed by atoms with Crippen LogP contribution in [0.25, 0.3) is 0 Å². The van der Waals surface area contributed by atoms with Crippen LogP contribution in [0.2, 0.25) is 0 Å². The number of esters is 1. The highest BCUT2D eigenvalue weighted by Gasteiger charge is 2.36. The molecule has 0 aromatic heterocycles. The molecule has 0 radical (unpaired) electrons. The smallest absolute Gasteiger partial charge is 0.408 e. The summed E-state index contributed by atoms with van der Waals surface area (Å²) in [7, 11) is 1.20. The van der Waals surface area contributed by atoms with Gasteiger partial charge in [0, 0.05) is 13.0 Å². The molecule has 0 aliphatic carbocycles. The average molecular weight is 493 g/mol. The van der Waals surface area contributed by atoms with Crippen molar-refractivity contribution in [3.63, 3.8) is 0 Å². The minimum absolute atomic E-state index is 0.0844. The molecule has 0 aliphatic rings. The molecular formula is C24H36N4O7. The van der Waals surface area contributed by atoms with E-state index in [0.717, 1.165) is 0 Å². The zero-order valence-corrected chi connectivity index (χ0v) is 21.0. The van der Waals surface area contributed by atoms with Crippen LogP contribution in [0, 0.1) is 0 Å². The second kappa shape index (κ2) is 13.9. The third kappa shape index (κ3) is 10.4. The molecule has 0 fully saturated rings. The SMILES string of the molecule is CCCN(C(=O)C(CCC(N)=O)NC(=O)OC(C)(C)C)C(C(=O)NCC(=O)OC)c1ccccc1. The number of carbonyl (C=O) groups excluding carboxylic acids is 5. The van der Waals surface area contributed by atoms with Crippen molar-refractivity contribution in [3.8, 4) is 0 Å². The van der Waals surface area contributed by atoms with Crippen molar-refractivity contribution >= 4 is 29.8 Å². The Labute approximate surface area is 205 Å². The van der Waals surface area contributed by atoms with Crippen LogP contribution in [0.15, 0.2) is 30.3 Å². The van der Waals surface area contributed by atoms with Gasteiger partial charge < -0.3 is 30.7 Å². The molecule has 2 atom stereocenters. The highest BCUT2D eigenvalue weighted by atomic mass is 16.6. The lowest BCUT2D eigenvalue weighted by atomic mass is 10.0. The average Bonchev–Trinajstić information content (AvgIpc) is 2.78. The molecule has 0 saturated carbocycles. The first-order valence-corrected chi connectivity index (χ1v) is 11.4. The van der Waals surface area contributed by atoms with Gasteiger partial charge in [0.25, 0.3) is 0 Å². The van der Waals surface area contributed by atoms with E-state index in [2.05, 4.69) is 15.4 Å².